The third-order valence-corrected chi connectivity index (χ3v) is 4.07. The zero-order chi connectivity index (χ0) is 15.5. The lowest BCUT2D eigenvalue weighted by Crippen LogP contribution is -2.21. The predicted molar refractivity (Wildman–Crippen MR) is 82.8 cm³/mol. The van der Waals surface area contributed by atoms with Crippen molar-refractivity contribution in [3.8, 4) is 5.69 Å². The molecule has 0 unspecified atom stereocenters. The fraction of sp³-hybridized carbons (Fsp3) is 0.438. The van der Waals surface area contributed by atoms with Gasteiger partial charge in [0.2, 0.25) is 5.69 Å². The van der Waals surface area contributed by atoms with Gasteiger partial charge in [-0.05, 0) is 44.2 Å². The average molecular weight is 300 g/mol. The van der Waals surface area contributed by atoms with Crippen LogP contribution in [0, 0.1) is 6.92 Å². The van der Waals surface area contributed by atoms with E-state index in [4.69, 9.17) is 10.5 Å². The number of nitrogen functional groups attached to an aromatic ring is 1. The van der Waals surface area contributed by atoms with E-state index in [-0.39, 0.29) is 17.6 Å². The third-order valence-electron chi connectivity index (χ3n) is 4.07. The van der Waals surface area contributed by atoms with Gasteiger partial charge in [0.1, 0.15) is 6.10 Å². The molecule has 1 aliphatic rings. The Hall–Kier alpha value is -2.37. The minimum Gasteiger partial charge on any atom is -0.458 e. The molecule has 1 aromatic carbocycles. The van der Waals surface area contributed by atoms with Gasteiger partial charge in [0.25, 0.3) is 0 Å². The lowest BCUT2D eigenvalue weighted by atomic mass is 9.98. The van der Waals surface area contributed by atoms with Crippen molar-refractivity contribution in [2.24, 2.45) is 0 Å². The highest BCUT2D eigenvalue weighted by Gasteiger charge is 2.24. The van der Waals surface area contributed by atoms with Crippen molar-refractivity contribution in [2.45, 2.75) is 45.1 Å². The molecule has 2 aromatic rings. The zero-order valence-electron chi connectivity index (χ0n) is 12.7. The highest BCUT2D eigenvalue weighted by molar-refractivity contribution is 5.92. The standard InChI is InChI=1S/C16H20N4O2/c1-11-7-5-6-10-13(11)20-15(17)14(18-19-20)16(21)22-12-8-3-2-4-9-12/h5-7,10,12H,2-4,8-9,17H2,1H3. The second kappa shape index (κ2) is 6.17. The number of hydrogen-bond donors (Lipinski definition) is 1. The van der Waals surface area contributed by atoms with Gasteiger partial charge in [-0.1, -0.05) is 29.8 Å². The molecule has 0 bridgehead atoms. The van der Waals surface area contributed by atoms with Crippen LogP contribution in [0.1, 0.15) is 48.2 Å². The molecule has 0 aliphatic heterocycles. The minimum absolute atomic E-state index is 0.0238. The summed E-state index contributed by atoms with van der Waals surface area (Å²) in [5.74, 6) is -0.264. The number of carbonyl (C=O) groups is 1. The highest BCUT2D eigenvalue weighted by Crippen LogP contribution is 2.23. The van der Waals surface area contributed by atoms with Crippen LogP contribution < -0.4 is 5.73 Å². The number of rotatable bonds is 3. The Bertz CT molecular complexity index is 675. The predicted octanol–water partition coefficient (Wildman–Crippen LogP) is 2.65. The Morgan fingerprint density at radius 3 is 2.73 bits per heavy atom. The highest BCUT2D eigenvalue weighted by atomic mass is 16.5. The van der Waals surface area contributed by atoms with Gasteiger partial charge in [-0.15, -0.1) is 5.10 Å². The van der Waals surface area contributed by atoms with Crippen molar-refractivity contribution in [2.75, 3.05) is 5.73 Å². The maximum Gasteiger partial charge on any atom is 0.363 e. The Labute approximate surface area is 129 Å². The van der Waals surface area contributed by atoms with Crippen LogP contribution in [0.4, 0.5) is 5.82 Å². The average Bonchev–Trinajstić information content (AvgIpc) is 2.90. The fourth-order valence-corrected chi connectivity index (χ4v) is 2.80. The van der Waals surface area contributed by atoms with Crippen molar-refractivity contribution in [3.63, 3.8) is 0 Å². The lowest BCUT2D eigenvalue weighted by molar-refractivity contribution is 0.0205. The van der Waals surface area contributed by atoms with Crippen LogP contribution in [0.2, 0.25) is 0 Å². The monoisotopic (exact) mass is 300 g/mol. The van der Waals surface area contributed by atoms with E-state index in [1.807, 2.05) is 31.2 Å². The number of aromatic nitrogens is 3. The van der Waals surface area contributed by atoms with Crippen LogP contribution in [-0.2, 0) is 4.74 Å². The van der Waals surface area contributed by atoms with E-state index in [2.05, 4.69) is 10.3 Å². The molecule has 0 radical (unpaired) electrons. The third kappa shape index (κ3) is 2.81. The van der Waals surface area contributed by atoms with Gasteiger partial charge in [0.15, 0.2) is 5.82 Å². The van der Waals surface area contributed by atoms with Gasteiger partial charge >= 0.3 is 5.97 Å². The topological polar surface area (TPSA) is 83.0 Å². The first-order chi connectivity index (χ1) is 10.7. The molecule has 0 amide bonds. The molecule has 1 heterocycles. The summed E-state index contributed by atoms with van der Waals surface area (Å²) >= 11 is 0. The van der Waals surface area contributed by atoms with Crippen molar-refractivity contribution < 1.29 is 9.53 Å². The maximum atomic E-state index is 12.2. The first-order valence-corrected chi connectivity index (χ1v) is 7.65. The van der Waals surface area contributed by atoms with Crippen LogP contribution >= 0.6 is 0 Å². The summed E-state index contributed by atoms with van der Waals surface area (Å²) < 4.78 is 6.98. The number of anilines is 1. The molecule has 6 nitrogen and oxygen atoms in total. The molecular formula is C16H20N4O2. The Kier molecular flexibility index (Phi) is 4.09. The normalized spacial score (nSPS) is 15.7. The number of nitrogens with two attached hydrogens (primary N) is 1. The summed E-state index contributed by atoms with van der Waals surface area (Å²) in [6.45, 7) is 1.95. The van der Waals surface area contributed by atoms with E-state index in [0.29, 0.717) is 0 Å². The van der Waals surface area contributed by atoms with Gasteiger partial charge in [-0.25, -0.2) is 4.79 Å². The number of ether oxygens (including phenoxy) is 1. The van der Waals surface area contributed by atoms with Crippen molar-refractivity contribution >= 4 is 11.8 Å². The molecule has 3 rings (SSSR count). The molecule has 2 N–H and O–H groups in total. The largest absolute Gasteiger partial charge is 0.458 e. The molecule has 0 atom stereocenters. The van der Waals surface area contributed by atoms with Crippen LogP contribution in [0.15, 0.2) is 24.3 Å². The zero-order valence-corrected chi connectivity index (χ0v) is 12.7. The Morgan fingerprint density at radius 2 is 2.00 bits per heavy atom. The summed E-state index contributed by atoms with van der Waals surface area (Å²) in [5, 5.41) is 7.91. The molecule has 22 heavy (non-hydrogen) atoms. The number of aryl methyl sites for hydroxylation is 1. The summed E-state index contributed by atoms with van der Waals surface area (Å²) in [7, 11) is 0. The maximum absolute atomic E-state index is 12.2. The van der Waals surface area contributed by atoms with Gasteiger partial charge < -0.3 is 10.5 Å². The molecular weight excluding hydrogens is 280 g/mol. The molecule has 1 aromatic heterocycles. The molecule has 0 saturated heterocycles. The molecule has 1 fully saturated rings. The lowest BCUT2D eigenvalue weighted by Gasteiger charge is -2.21. The van der Waals surface area contributed by atoms with Crippen LogP contribution in [0.5, 0.6) is 0 Å². The fourth-order valence-electron chi connectivity index (χ4n) is 2.80. The smallest absolute Gasteiger partial charge is 0.363 e. The van der Waals surface area contributed by atoms with Crippen molar-refractivity contribution in [3.05, 3.63) is 35.5 Å². The van der Waals surface area contributed by atoms with Crippen LogP contribution in [-0.4, -0.2) is 27.1 Å². The van der Waals surface area contributed by atoms with Crippen LogP contribution in [0.3, 0.4) is 0 Å². The summed E-state index contributed by atoms with van der Waals surface area (Å²) in [4.78, 5) is 12.2. The summed E-state index contributed by atoms with van der Waals surface area (Å²) in [6, 6.07) is 7.67. The SMILES string of the molecule is Cc1ccccc1-n1nnc(C(=O)OC2CCCCC2)c1N. The van der Waals surface area contributed by atoms with E-state index in [1.165, 1.54) is 11.1 Å². The van der Waals surface area contributed by atoms with E-state index < -0.39 is 5.97 Å². The molecule has 6 heteroatoms. The summed E-state index contributed by atoms with van der Waals surface area (Å²) in [6.07, 6.45) is 5.21. The Morgan fingerprint density at radius 1 is 1.27 bits per heavy atom. The van der Waals surface area contributed by atoms with Crippen LogP contribution in [0.25, 0.3) is 5.69 Å². The summed E-state index contributed by atoms with van der Waals surface area (Å²) in [5.41, 5.74) is 7.95. The van der Waals surface area contributed by atoms with Gasteiger partial charge in [0.05, 0.1) is 5.69 Å². The number of hydrogen-bond acceptors (Lipinski definition) is 5. The van der Waals surface area contributed by atoms with E-state index in [0.717, 1.165) is 36.9 Å². The second-order valence-electron chi connectivity index (χ2n) is 5.69. The first-order valence-electron chi connectivity index (χ1n) is 7.65. The number of esters is 1. The van der Waals surface area contributed by atoms with Crippen molar-refractivity contribution in [1.82, 2.24) is 15.0 Å². The van der Waals surface area contributed by atoms with E-state index >= 15 is 0 Å². The molecule has 1 saturated carbocycles. The number of carbonyl (C=O) groups excluding carboxylic acids is 1. The quantitative estimate of drug-likeness (QED) is 0.881. The number of nitrogens with zero attached hydrogens (tertiary/aromatic N) is 3. The van der Waals surface area contributed by atoms with E-state index in [1.54, 1.807) is 0 Å². The van der Waals surface area contributed by atoms with E-state index in [9.17, 15) is 4.79 Å². The number of para-hydroxylation sites is 1. The minimum atomic E-state index is -0.482. The number of benzene rings is 1. The molecule has 1 aliphatic carbocycles. The van der Waals surface area contributed by atoms with Gasteiger partial charge in [0, 0.05) is 0 Å². The van der Waals surface area contributed by atoms with Crippen molar-refractivity contribution in [1.29, 1.82) is 0 Å². The van der Waals surface area contributed by atoms with Gasteiger partial charge in [-0.2, -0.15) is 4.68 Å². The molecule has 116 valence electrons. The second-order valence-corrected chi connectivity index (χ2v) is 5.69. The Balaban J connectivity index is 1.81. The first kappa shape index (κ1) is 14.6. The molecule has 0 spiro atoms. The van der Waals surface area contributed by atoms with Gasteiger partial charge in [-0.3, -0.25) is 0 Å².